The Morgan fingerprint density at radius 3 is 2.93 bits per heavy atom. The first-order chi connectivity index (χ1) is 7.18. The zero-order valence-electron chi connectivity index (χ0n) is 7.64. The van der Waals surface area contributed by atoms with Crippen molar-refractivity contribution in [3.05, 3.63) is 30.2 Å². The molecule has 0 fully saturated rings. The summed E-state index contributed by atoms with van der Waals surface area (Å²) in [6, 6.07) is 3.42. The number of nitrogens with one attached hydrogen (secondary N) is 1. The van der Waals surface area contributed by atoms with Crippen LogP contribution in [0.3, 0.4) is 0 Å². The Balaban J connectivity index is 2.58. The molecule has 0 unspecified atom stereocenters. The number of imidazole rings is 1. The van der Waals surface area contributed by atoms with Crippen molar-refractivity contribution in [2.75, 3.05) is 5.73 Å². The van der Waals surface area contributed by atoms with Crippen molar-refractivity contribution in [2.24, 2.45) is 0 Å². The van der Waals surface area contributed by atoms with Crippen molar-refractivity contribution in [2.45, 2.75) is 0 Å². The normalized spacial score (nSPS) is 10.1. The van der Waals surface area contributed by atoms with Crippen LogP contribution in [-0.2, 0) is 0 Å². The van der Waals surface area contributed by atoms with Crippen molar-refractivity contribution in [3.8, 4) is 11.3 Å². The topological polar surface area (TPSA) is 105 Å². The van der Waals surface area contributed by atoms with Crippen molar-refractivity contribution >= 4 is 11.9 Å². The van der Waals surface area contributed by atoms with E-state index in [1.807, 2.05) is 0 Å². The predicted octanol–water partition coefficient (Wildman–Crippen LogP) is 0.752. The fourth-order valence-corrected chi connectivity index (χ4v) is 1.26. The lowest BCUT2D eigenvalue weighted by molar-refractivity contribution is 0.0692. The first-order valence-corrected chi connectivity index (χ1v) is 4.17. The lowest BCUT2D eigenvalue weighted by atomic mass is 10.2. The molecule has 0 radical (unpaired) electrons. The molecule has 4 N–H and O–H groups in total. The van der Waals surface area contributed by atoms with E-state index < -0.39 is 5.97 Å². The number of carboxylic acid groups (broad SMARTS) is 1. The molecule has 2 heterocycles. The van der Waals surface area contributed by atoms with Gasteiger partial charge in [0, 0.05) is 18.0 Å². The summed E-state index contributed by atoms with van der Waals surface area (Å²) in [6.45, 7) is 0. The lowest BCUT2D eigenvalue weighted by Gasteiger charge is -1.96. The average molecular weight is 204 g/mol. The fourth-order valence-electron chi connectivity index (χ4n) is 1.26. The lowest BCUT2D eigenvalue weighted by Crippen LogP contribution is -1.99. The van der Waals surface area contributed by atoms with Crippen LogP contribution in [0.5, 0.6) is 0 Å². The Labute approximate surface area is 84.8 Å². The van der Waals surface area contributed by atoms with E-state index in [1.54, 1.807) is 18.3 Å². The molecule has 15 heavy (non-hydrogen) atoms. The number of aromatic carboxylic acids is 1. The van der Waals surface area contributed by atoms with Crippen LogP contribution in [0.25, 0.3) is 11.3 Å². The van der Waals surface area contributed by atoms with Gasteiger partial charge in [0.1, 0.15) is 5.69 Å². The number of nitrogens with two attached hydrogens (primary N) is 1. The second-order valence-electron chi connectivity index (χ2n) is 2.89. The van der Waals surface area contributed by atoms with Crippen LogP contribution in [0.2, 0.25) is 0 Å². The zero-order valence-corrected chi connectivity index (χ0v) is 7.64. The van der Waals surface area contributed by atoms with Gasteiger partial charge in [-0.05, 0) is 12.1 Å². The molecule has 0 aliphatic heterocycles. The number of anilines is 1. The molecule has 0 aromatic carbocycles. The zero-order chi connectivity index (χ0) is 10.8. The highest BCUT2D eigenvalue weighted by atomic mass is 16.4. The maximum absolute atomic E-state index is 10.9. The molecule has 6 nitrogen and oxygen atoms in total. The summed E-state index contributed by atoms with van der Waals surface area (Å²) >= 11 is 0. The van der Waals surface area contributed by atoms with E-state index in [4.69, 9.17) is 10.8 Å². The Morgan fingerprint density at radius 2 is 2.33 bits per heavy atom. The highest BCUT2D eigenvalue weighted by molar-refractivity contribution is 5.93. The molecule has 0 aliphatic carbocycles. The van der Waals surface area contributed by atoms with Gasteiger partial charge in [-0.15, -0.1) is 0 Å². The van der Waals surface area contributed by atoms with Crippen LogP contribution in [0.15, 0.2) is 24.5 Å². The first-order valence-electron chi connectivity index (χ1n) is 4.17. The summed E-state index contributed by atoms with van der Waals surface area (Å²) in [6.07, 6.45) is 3.13. The summed E-state index contributed by atoms with van der Waals surface area (Å²) in [5.41, 5.74) is 6.29. The number of hydrogen-bond acceptors (Lipinski definition) is 4. The predicted molar refractivity (Wildman–Crippen MR) is 53.2 cm³/mol. The van der Waals surface area contributed by atoms with E-state index in [1.165, 1.54) is 6.20 Å². The Bertz CT molecular complexity index is 492. The van der Waals surface area contributed by atoms with E-state index in [9.17, 15) is 4.79 Å². The maximum atomic E-state index is 10.9. The Hall–Kier alpha value is -2.37. The van der Waals surface area contributed by atoms with Crippen LogP contribution in [0.1, 0.15) is 10.5 Å². The number of aromatic nitrogens is 3. The number of aromatic amines is 1. The van der Waals surface area contributed by atoms with Crippen molar-refractivity contribution in [1.29, 1.82) is 0 Å². The van der Waals surface area contributed by atoms with Gasteiger partial charge in [-0.3, -0.25) is 4.98 Å². The molecule has 2 aromatic heterocycles. The first kappa shape index (κ1) is 9.20. The highest BCUT2D eigenvalue weighted by Crippen LogP contribution is 2.21. The smallest absolute Gasteiger partial charge is 0.354 e. The monoisotopic (exact) mass is 204 g/mol. The van der Waals surface area contributed by atoms with Crippen LogP contribution in [0.4, 0.5) is 5.95 Å². The molecule has 0 saturated carbocycles. The van der Waals surface area contributed by atoms with Gasteiger partial charge < -0.3 is 15.8 Å². The van der Waals surface area contributed by atoms with Gasteiger partial charge in [0.05, 0.1) is 0 Å². The molecule has 0 amide bonds. The van der Waals surface area contributed by atoms with Gasteiger partial charge in [-0.25, -0.2) is 9.78 Å². The number of carbonyl (C=O) groups is 1. The minimum absolute atomic E-state index is 0.0273. The second-order valence-corrected chi connectivity index (χ2v) is 2.89. The number of pyridine rings is 1. The number of H-pyrrole nitrogens is 1. The van der Waals surface area contributed by atoms with E-state index in [2.05, 4.69) is 15.0 Å². The highest BCUT2D eigenvalue weighted by Gasteiger charge is 2.16. The maximum Gasteiger partial charge on any atom is 0.354 e. The van der Waals surface area contributed by atoms with Crippen LogP contribution < -0.4 is 5.73 Å². The molecular formula is C9H8N4O2. The van der Waals surface area contributed by atoms with Crippen LogP contribution in [-0.4, -0.2) is 26.0 Å². The molecule has 2 aromatic rings. The summed E-state index contributed by atoms with van der Waals surface area (Å²) in [5.74, 6) is -1.02. The van der Waals surface area contributed by atoms with Gasteiger partial charge in [0.25, 0.3) is 0 Å². The van der Waals surface area contributed by atoms with Gasteiger partial charge in [-0.2, -0.15) is 0 Å². The third-order valence-corrected chi connectivity index (χ3v) is 1.87. The Kier molecular flexibility index (Phi) is 2.09. The number of carboxylic acids is 1. The third-order valence-electron chi connectivity index (χ3n) is 1.87. The minimum Gasteiger partial charge on any atom is -0.477 e. The minimum atomic E-state index is -1.10. The van der Waals surface area contributed by atoms with E-state index in [-0.39, 0.29) is 11.6 Å². The number of rotatable bonds is 2. The van der Waals surface area contributed by atoms with Gasteiger partial charge in [0.15, 0.2) is 11.6 Å². The van der Waals surface area contributed by atoms with E-state index >= 15 is 0 Å². The summed E-state index contributed by atoms with van der Waals surface area (Å²) in [4.78, 5) is 21.1. The molecule has 6 heteroatoms. The number of nitrogens with zero attached hydrogens (tertiary/aromatic N) is 2. The molecule has 0 spiro atoms. The van der Waals surface area contributed by atoms with Gasteiger partial charge in [0.2, 0.25) is 0 Å². The van der Waals surface area contributed by atoms with Gasteiger partial charge >= 0.3 is 5.97 Å². The Morgan fingerprint density at radius 1 is 1.53 bits per heavy atom. The standard InChI is InChI=1S/C9H8N4O2/c10-9-12-6(7(13-9)8(14)15)5-2-1-3-11-4-5/h1-4H,(H,14,15)(H3,10,12,13). The summed E-state index contributed by atoms with van der Waals surface area (Å²) < 4.78 is 0. The molecule has 2 rings (SSSR count). The average Bonchev–Trinajstić information content (AvgIpc) is 2.62. The van der Waals surface area contributed by atoms with Crippen molar-refractivity contribution < 1.29 is 9.90 Å². The quantitative estimate of drug-likeness (QED) is 0.669. The van der Waals surface area contributed by atoms with Crippen molar-refractivity contribution in [1.82, 2.24) is 15.0 Å². The molecule has 76 valence electrons. The van der Waals surface area contributed by atoms with Crippen LogP contribution in [0, 0.1) is 0 Å². The fraction of sp³-hybridized carbons (Fsp3) is 0. The summed E-state index contributed by atoms with van der Waals surface area (Å²) in [7, 11) is 0. The molecule has 0 atom stereocenters. The molecular weight excluding hydrogens is 196 g/mol. The number of hydrogen-bond donors (Lipinski definition) is 3. The number of nitrogen functional groups attached to an aromatic ring is 1. The largest absolute Gasteiger partial charge is 0.477 e. The third kappa shape index (κ3) is 1.64. The second kappa shape index (κ2) is 3.41. The van der Waals surface area contributed by atoms with E-state index in [0.717, 1.165) is 0 Å². The molecule has 0 saturated heterocycles. The van der Waals surface area contributed by atoms with Crippen LogP contribution >= 0.6 is 0 Å². The van der Waals surface area contributed by atoms with E-state index in [0.29, 0.717) is 11.3 Å². The summed E-state index contributed by atoms with van der Waals surface area (Å²) in [5, 5.41) is 8.89. The van der Waals surface area contributed by atoms with Crippen molar-refractivity contribution in [3.63, 3.8) is 0 Å². The van der Waals surface area contributed by atoms with Gasteiger partial charge in [-0.1, -0.05) is 0 Å². The SMILES string of the molecule is Nc1nc(-c2cccnc2)c(C(=O)O)[nH]1. The molecule has 0 aliphatic rings. The molecule has 0 bridgehead atoms.